The molecular weight excluding hydrogens is 265 g/mol. The van der Waals surface area contributed by atoms with Crippen molar-refractivity contribution in [1.82, 2.24) is 9.78 Å². The maximum atomic E-state index is 13.3. The van der Waals surface area contributed by atoms with Gasteiger partial charge < -0.3 is 0 Å². The van der Waals surface area contributed by atoms with Gasteiger partial charge in [0.1, 0.15) is 5.82 Å². The predicted molar refractivity (Wildman–Crippen MR) is 77.9 cm³/mol. The molecule has 4 heteroatoms. The molecule has 0 fully saturated rings. The van der Waals surface area contributed by atoms with Crippen molar-refractivity contribution in [2.24, 2.45) is 0 Å². The maximum Gasteiger partial charge on any atom is 0.123 e. The summed E-state index contributed by atoms with van der Waals surface area (Å²) in [6.45, 7) is 0.369. The molecule has 0 bridgehead atoms. The minimum atomic E-state index is -0.348. The van der Waals surface area contributed by atoms with Crippen LogP contribution in [-0.2, 0) is 6.54 Å². The summed E-state index contributed by atoms with van der Waals surface area (Å²) in [5, 5.41) is 13.3. The van der Waals surface area contributed by atoms with Gasteiger partial charge in [-0.05, 0) is 29.3 Å². The second-order valence-electron chi connectivity index (χ2n) is 4.71. The van der Waals surface area contributed by atoms with Crippen molar-refractivity contribution in [3.05, 3.63) is 77.9 Å². The summed E-state index contributed by atoms with van der Waals surface area (Å²) >= 11 is 0. The fourth-order valence-electron chi connectivity index (χ4n) is 2.21. The van der Waals surface area contributed by atoms with Crippen LogP contribution >= 0.6 is 0 Å². The number of nitrogens with zero attached hydrogens (tertiary/aromatic N) is 3. The van der Waals surface area contributed by atoms with E-state index >= 15 is 0 Å². The van der Waals surface area contributed by atoms with E-state index in [4.69, 9.17) is 5.26 Å². The molecule has 0 aliphatic carbocycles. The van der Waals surface area contributed by atoms with E-state index in [1.165, 1.54) is 18.2 Å². The predicted octanol–water partition coefficient (Wildman–Crippen LogP) is 3.61. The van der Waals surface area contributed by atoms with Crippen LogP contribution in [0.1, 0.15) is 11.1 Å². The highest BCUT2D eigenvalue weighted by molar-refractivity contribution is 5.61. The first-order valence-corrected chi connectivity index (χ1v) is 6.52. The first-order valence-electron chi connectivity index (χ1n) is 6.52. The van der Waals surface area contributed by atoms with Crippen molar-refractivity contribution in [1.29, 1.82) is 5.26 Å². The van der Waals surface area contributed by atoms with Crippen molar-refractivity contribution in [2.75, 3.05) is 0 Å². The van der Waals surface area contributed by atoms with Gasteiger partial charge in [-0.1, -0.05) is 30.3 Å². The zero-order valence-electron chi connectivity index (χ0n) is 11.2. The summed E-state index contributed by atoms with van der Waals surface area (Å²) in [6, 6.07) is 16.1. The fourth-order valence-corrected chi connectivity index (χ4v) is 2.21. The molecule has 3 rings (SSSR count). The Morgan fingerprint density at radius 1 is 1.10 bits per heavy atom. The summed E-state index contributed by atoms with van der Waals surface area (Å²) in [6.07, 6.45) is 3.65. The Morgan fingerprint density at radius 2 is 1.90 bits per heavy atom. The molecule has 0 unspecified atom stereocenters. The van der Waals surface area contributed by atoms with Gasteiger partial charge in [0.15, 0.2) is 0 Å². The third-order valence-corrected chi connectivity index (χ3v) is 3.26. The summed E-state index contributed by atoms with van der Waals surface area (Å²) in [5.41, 5.74) is 3.15. The lowest BCUT2D eigenvalue weighted by Gasteiger charge is -2.04. The lowest BCUT2D eigenvalue weighted by Crippen LogP contribution is -2.02. The highest BCUT2D eigenvalue weighted by Gasteiger charge is 2.07. The Kier molecular flexibility index (Phi) is 3.48. The van der Waals surface area contributed by atoms with E-state index < -0.39 is 0 Å². The Hall–Kier alpha value is -2.93. The van der Waals surface area contributed by atoms with Crippen LogP contribution in [0.25, 0.3) is 11.1 Å². The average Bonchev–Trinajstić information content (AvgIpc) is 2.97. The van der Waals surface area contributed by atoms with Crippen LogP contribution in [0.5, 0.6) is 0 Å². The molecule has 2 aromatic carbocycles. The van der Waals surface area contributed by atoms with Gasteiger partial charge in [-0.2, -0.15) is 10.4 Å². The molecule has 0 atom stereocenters. The normalized spacial score (nSPS) is 10.3. The topological polar surface area (TPSA) is 41.6 Å². The number of hydrogen-bond acceptors (Lipinski definition) is 2. The second kappa shape index (κ2) is 5.59. The van der Waals surface area contributed by atoms with Gasteiger partial charge in [-0.25, -0.2) is 4.39 Å². The molecule has 0 aliphatic heterocycles. The van der Waals surface area contributed by atoms with Crippen LogP contribution < -0.4 is 0 Å². The summed E-state index contributed by atoms with van der Waals surface area (Å²) in [4.78, 5) is 0. The van der Waals surface area contributed by atoms with E-state index in [2.05, 4.69) is 11.2 Å². The number of benzene rings is 2. The maximum absolute atomic E-state index is 13.3. The van der Waals surface area contributed by atoms with Crippen LogP contribution in [0.3, 0.4) is 0 Å². The lowest BCUT2D eigenvalue weighted by molar-refractivity contribution is 0.618. The highest BCUT2D eigenvalue weighted by Crippen LogP contribution is 2.19. The molecule has 0 saturated heterocycles. The van der Waals surface area contributed by atoms with E-state index in [1.54, 1.807) is 10.9 Å². The van der Waals surface area contributed by atoms with Crippen LogP contribution in [0.4, 0.5) is 4.39 Å². The molecule has 102 valence electrons. The third-order valence-electron chi connectivity index (χ3n) is 3.26. The average molecular weight is 277 g/mol. The quantitative estimate of drug-likeness (QED) is 0.734. The van der Waals surface area contributed by atoms with E-state index in [9.17, 15) is 4.39 Å². The Morgan fingerprint density at radius 3 is 2.67 bits per heavy atom. The molecule has 3 nitrogen and oxygen atoms in total. The largest absolute Gasteiger partial charge is 0.268 e. The van der Waals surface area contributed by atoms with Crippen molar-refractivity contribution in [3.8, 4) is 17.2 Å². The van der Waals surface area contributed by atoms with Crippen molar-refractivity contribution in [2.45, 2.75) is 6.54 Å². The lowest BCUT2D eigenvalue weighted by atomic mass is 10.1. The molecule has 3 aromatic rings. The van der Waals surface area contributed by atoms with Crippen molar-refractivity contribution >= 4 is 0 Å². The second-order valence-corrected chi connectivity index (χ2v) is 4.71. The van der Waals surface area contributed by atoms with E-state index in [0.29, 0.717) is 17.7 Å². The third kappa shape index (κ3) is 2.82. The summed E-state index contributed by atoms with van der Waals surface area (Å²) in [7, 11) is 0. The molecule has 0 radical (unpaired) electrons. The Balaban J connectivity index is 1.89. The molecule has 1 heterocycles. The van der Waals surface area contributed by atoms with E-state index in [1.807, 2.05) is 36.5 Å². The van der Waals surface area contributed by atoms with Crippen LogP contribution in [-0.4, -0.2) is 9.78 Å². The number of nitriles is 1. The summed E-state index contributed by atoms with van der Waals surface area (Å²) in [5.74, 6) is -0.348. The first kappa shape index (κ1) is 13.1. The van der Waals surface area contributed by atoms with E-state index in [0.717, 1.165) is 11.1 Å². The summed E-state index contributed by atoms with van der Waals surface area (Å²) < 4.78 is 15.0. The molecule has 0 N–H and O–H groups in total. The molecule has 1 aromatic heterocycles. The standard InChI is InChI=1S/C17H12FN3/c18-17-7-6-14(9-19)15(8-17)11-21-12-16(10-20-21)13-4-2-1-3-5-13/h1-8,10,12H,11H2. The van der Waals surface area contributed by atoms with Crippen molar-refractivity contribution < 1.29 is 4.39 Å². The smallest absolute Gasteiger partial charge is 0.123 e. The van der Waals surface area contributed by atoms with Crippen LogP contribution in [0.15, 0.2) is 60.9 Å². The molecule has 0 spiro atoms. The fraction of sp³-hybridized carbons (Fsp3) is 0.0588. The SMILES string of the molecule is N#Cc1ccc(F)cc1Cn1cc(-c2ccccc2)cn1. The van der Waals surface area contributed by atoms with Gasteiger partial charge in [0, 0.05) is 11.8 Å². The van der Waals surface area contributed by atoms with Gasteiger partial charge >= 0.3 is 0 Å². The van der Waals surface area contributed by atoms with Gasteiger partial charge in [0.2, 0.25) is 0 Å². The van der Waals surface area contributed by atoms with Crippen LogP contribution in [0.2, 0.25) is 0 Å². The molecule has 21 heavy (non-hydrogen) atoms. The zero-order valence-corrected chi connectivity index (χ0v) is 11.2. The number of hydrogen-bond donors (Lipinski definition) is 0. The number of rotatable bonds is 3. The van der Waals surface area contributed by atoms with Crippen LogP contribution in [0, 0.1) is 17.1 Å². The minimum Gasteiger partial charge on any atom is -0.268 e. The number of halogens is 1. The Labute approximate surface area is 121 Å². The number of aromatic nitrogens is 2. The molecule has 0 amide bonds. The first-order chi connectivity index (χ1) is 10.3. The molecule has 0 saturated carbocycles. The van der Waals surface area contributed by atoms with Gasteiger partial charge in [0.25, 0.3) is 0 Å². The van der Waals surface area contributed by atoms with Gasteiger partial charge in [0.05, 0.1) is 24.4 Å². The Bertz CT molecular complexity index is 800. The zero-order chi connectivity index (χ0) is 14.7. The monoisotopic (exact) mass is 277 g/mol. The molecular formula is C17H12FN3. The minimum absolute atomic E-state index is 0.348. The van der Waals surface area contributed by atoms with Gasteiger partial charge in [-0.3, -0.25) is 4.68 Å². The van der Waals surface area contributed by atoms with Crippen molar-refractivity contribution in [3.63, 3.8) is 0 Å². The molecule has 0 aliphatic rings. The van der Waals surface area contributed by atoms with E-state index in [-0.39, 0.29) is 5.82 Å². The highest BCUT2D eigenvalue weighted by atomic mass is 19.1. The van der Waals surface area contributed by atoms with Gasteiger partial charge in [-0.15, -0.1) is 0 Å².